The molecule has 1 rings (SSSR count). The van der Waals surface area contributed by atoms with Crippen LogP contribution >= 0.6 is 0 Å². The Balaban J connectivity index is 2.05. The molecule has 4 N–H and O–H groups in total. The fraction of sp³-hybridized carbons (Fsp3) is 0.636. The van der Waals surface area contributed by atoms with Gasteiger partial charge in [0, 0.05) is 6.04 Å². The van der Waals surface area contributed by atoms with Gasteiger partial charge in [0.1, 0.15) is 5.75 Å². The molecule has 1 aromatic carbocycles. The summed E-state index contributed by atoms with van der Waals surface area (Å²) in [6.45, 7) is 2.25. The number of aromatic hydroxyl groups is 1. The third kappa shape index (κ3) is 11.0. The standard InChI is InChI=1S/C22H37NO2/c1-2-3-4-5-6-7-8-9-10-11-12-13-22(25)21(23)18-19-14-16-20(24)17-15-19/h11-12,14-17,21-22,24-25H,2-10,13,18,23H2,1H3/b12-11-/t21-,22+/m0/s1. The van der Waals surface area contributed by atoms with Crippen molar-refractivity contribution in [3.8, 4) is 5.75 Å². The van der Waals surface area contributed by atoms with Gasteiger partial charge in [0.05, 0.1) is 6.10 Å². The van der Waals surface area contributed by atoms with Gasteiger partial charge in [0.15, 0.2) is 0 Å². The van der Waals surface area contributed by atoms with Gasteiger partial charge in [-0.3, -0.25) is 0 Å². The predicted octanol–water partition coefficient (Wildman–Crippen LogP) is 5.10. The van der Waals surface area contributed by atoms with Gasteiger partial charge in [-0.1, -0.05) is 76.2 Å². The van der Waals surface area contributed by atoms with Crippen molar-refractivity contribution < 1.29 is 10.2 Å². The van der Waals surface area contributed by atoms with Gasteiger partial charge >= 0.3 is 0 Å². The molecule has 2 atom stereocenters. The highest BCUT2D eigenvalue weighted by atomic mass is 16.3. The highest BCUT2D eigenvalue weighted by Crippen LogP contribution is 2.13. The van der Waals surface area contributed by atoms with Crippen molar-refractivity contribution in [2.75, 3.05) is 0 Å². The molecule has 0 radical (unpaired) electrons. The molecule has 1 aromatic rings. The lowest BCUT2D eigenvalue weighted by Crippen LogP contribution is -2.36. The highest BCUT2D eigenvalue weighted by molar-refractivity contribution is 5.26. The maximum Gasteiger partial charge on any atom is 0.115 e. The lowest BCUT2D eigenvalue weighted by atomic mass is 9.99. The van der Waals surface area contributed by atoms with Gasteiger partial charge in [-0.15, -0.1) is 0 Å². The molecule has 0 aromatic heterocycles. The third-order valence-electron chi connectivity index (χ3n) is 4.67. The van der Waals surface area contributed by atoms with Crippen LogP contribution in [0.15, 0.2) is 36.4 Å². The minimum atomic E-state index is -0.524. The van der Waals surface area contributed by atoms with Crippen molar-refractivity contribution in [1.82, 2.24) is 0 Å². The Morgan fingerprint density at radius 1 is 0.920 bits per heavy atom. The van der Waals surface area contributed by atoms with E-state index >= 15 is 0 Å². The van der Waals surface area contributed by atoms with Gasteiger partial charge in [-0.2, -0.15) is 0 Å². The summed E-state index contributed by atoms with van der Waals surface area (Å²) < 4.78 is 0. The molecule has 3 heteroatoms. The number of hydrogen-bond acceptors (Lipinski definition) is 3. The lowest BCUT2D eigenvalue weighted by Gasteiger charge is -2.17. The Morgan fingerprint density at radius 2 is 1.52 bits per heavy atom. The molecule has 25 heavy (non-hydrogen) atoms. The Bertz CT molecular complexity index is 456. The van der Waals surface area contributed by atoms with Crippen molar-refractivity contribution in [2.24, 2.45) is 5.73 Å². The molecule has 0 amide bonds. The fourth-order valence-corrected chi connectivity index (χ4v) is 2.96. The first-order chi connectivity index (χ1) is 12.1. The van der Waals surface area contributed by atoms with E-state index in [2.05, 4.69) is 19.1 Å². The summed E-state index contributed by atoms with van der Waals surface area (Å²) in [5.41, 5.74) is 7.11. The van der Waals surface area contributed by atoms with Crippen LogP contribution in [0, 0.1) is 0 Å². The molecule has 0 spiro atoms. The van der Waals surface area contributed by atoms with E-state index in [0.717, 1.165) is 12.0 Å². The van der Waals surface area contributed by atoms with Gasteiger partial charge in [0.25, 0.3) is 0 Å². The highest BCUT2D eigenvalue weighted by Gasteiger charge is 2.13. The third-order valence-corrected chi connectivity index (χ3v) is 4.67. The zero-order valence-electron chi connectivity index (χ0n) is 15.9. The summed E-state index contributed by atoms with van der Waals surface area (Å²) in [5, 5.41) is 19.4. The number of allylic oxidation sites excluding steroid dienone is 1. The van der Waals surface area contributed by atoms with E-state index in [1.54, 1.807) is 12.1 Å². The smallest absolute Gasteiger partial charge is 0.115 e. The minimum absolute atomic E-state index is 0.252. The zero-order valence-corrected chi connectivity index (χ0v) is 15.9. The van der Waals surface area contributed by atoms with Crippen LogP contribution in [0.3, 0.4) is 0 Å². The lowest BCUT2D eigenvalue weighted by molar-refractivity contribution is 0.147. The largest absolute Gasteiger partial charge is 0.508 e. The monoisotopic (exact) mass is 347 g/mol. The molecule has 0 unspecified atom stereocenters. The number of hydrogen-bond donors (Lipinski definition) is 3. The molecule has 0 aliphatic heterocycles. The first-order valence-corrected chi connectivity index (χ1v) is 10.00. The molecule has 0 aliphatic carbocycles. The Hall–Kier alpha value is -1.32. The number of nitrogens with two attached hydrogens (primary N) is 1. The normalized spacial score (nSPS) is 14.0. The maximum absolute atomic E-state index is 10.2. The average Bonchev–Trinajstić information content (AvgIpc) is 2.61. The summed E-state index contributed by atoms with van der Waals surface area (Å²) in [4.78, 5) is 0. The molecule has 0 heterocycles. The first-order valence-electron chi connectivity index (χ1n) is 10.00. The number of benzene rings is 1. The summed E-state index contributed by atoms with van der Waals surface area (Å²) in [5.74, 6) is 0.252. The number of phenolic OH excluding ortho intramolecular Hbond substituents is 1. The predicted molar refractivity (Wildman–Crippen MR) is 107 cm³/mol. The van der Waals surface area contributed by atoms with Crippen molar-refractivity contribution in [2.45, 2.75) is 89.7 Å². The van der Waals surface area contributed by atoms with E-state index in [9.17, 15) is 10.2 Å². The van der Waals surface area contributed by atoms with Crippen LogP contribution in [0.2, 0.25) is 0 Å². The molecule has 0 bridgehead atoms. The van der Waals surface area contributed by atoms with Crippen molar-refractivity contribution >= 4 is 0 Å². The molecule has 0 saturated heterocycles. The van der Waals surface area contributed by atoms with E-state index in [0.29, 0.717) is 12.8 Å². The Morgan fingerprint density at radius 3 is 2.16 bits per heavy atom. The number of rotatable bonds is 14. The summed E-state index contributed by atoms with van der Waals surface area (Å²) in [7, 11) is 0. The quantitative estimate of drug-likeness (QED) is 0.324. The van der Waals surface area contributed by atoms with Crippen LogP contribution in [-0.2, 0) is 6.42 Å². The number of unbranched alkanes of at least 4 members (excludes halogenated alkanes) is 8. The number of aliphatic hydroxyl groups is 1. The molecule has 142 valence electrons. The fourth-order valence-electron chi connectivity index (χ4n) is 2.96. The molecular formula is C22H37NO2. The Kier molecular flexibility index (Phi) is 12.1. The summed E-state index contributed by atoms with van der Waals surface area (Å²) in [6.07, 6.45) is 16.7. The van der Waals surface area contributed by atoms with Crippen LogP contribution in [0.4, 0.5) is 0 Å². The van der Waals surface area contributed by atoms with Crippen molar-refractivity contribution in [3.05, 3.63) is 42.0 Å². The van der Waals surface area contributed by atoms with E-state index in [-0.39, 0.29) is 11.8 Å². The average molecular weight is 348 g/mol. The molecule has 0 saturated carbocycles. The summed E-state index contributed by atoms with van der Waals surface area (Å²) >= 11 is 0. The first kappa shape index (κ1) is 21.7. The number of phenols is 1. The number of aliphatic hydroxyl groups excluding tert-OH is 1. The molecule has 0 fully saturated rings. The van der Waals surface area contributed by atoms with Gasteiger partial charge < -0.3 is 15.9 Å². The van der Waals surface area contributed by atoms with E-state index in [4.69, 9.17) is 5.73 Å². The summed E-state index contributed by atoms with van der Waals surface area (Å²) in [6, 6.07) is 6.72. The van der Waals surface area contributed by atoms with E-state index in [1.165, 1.54) is 51.4 Å². The van der Waals surface area contributed by atoms with Crippen molar-refractivity contribution in [3.63, 3.8) is 0 Å². The van der Waals surface area contributed by atoms with Crippen LogP contribution in [0.5, 0.6) is 5.75 Å². The second-order valence-corrected chi connectivity index (χ2v) is 7.07. The maximum atomic E-state index is 10.2. The van der Waals surface area contributed by atoms with Gasteiger partial charge in [0.2, 0.25) is 0 Å². The van der Waals surface area contributed by atoms with Gasteiger partial charge in [-0.05, 0) is 43.4 Å². The minimum Gasteiger partial charge on any atom is -0.508 e. The molecule has 3 nitrogen and oxygen atoms in total. The van der Waals surface area contributed by atoms with Crippen LogP contribution in [-0.4, -0.2) is 22.4 Å². The SMILES string of the molecule is CCCCCCCCCC/C=C\C[C@@H](O)[C@@H](N)Cc1ccc(O)cc1. The van der Waals surface area contributed by atoms with Gasteiger partial charge in [-0.25, -0.2) is 0 Å². The van der Waals surface area contributed by atoms with Crippen LogP contribution in [0.25, 0.3) is 0 Å². The van der Waals surface area contributed by atoms with Crippen LogP contribution < -0.4 is 5.73 Å². The second kappa shape index (κ2) is 13.9. The van der Waals surface area contributed by atoms with E-state index in [1.807, 2.05) is 12.1 Å². The van der Waals surface area contributed by atoms with E-state index < -0.39 is 6.10 Å². The topological polar surface area (TPSA) is 66.5 Å². The Labute approximate surface area is 154 Å². The second-order valence-electron chi connectivity index (χ2n) is 7.07. The zero-order chi connectivity index (χ0) is 18.3. The molecular weight excluding hydrogens is 310 g/mol. The van der Waals surface area contributed by atoms with Crippen LogP contribution in [0.1, 0.15) is 76.7 Å². The van der Waals surface area contributed by atoms with Crippen molar-refractivity contribution in [1.29, 1.82) is 0 Å². The molecule has 0 aliphatic rings.